The molecule has 110 valence electrons. The lowest BCUT2D eigenvalue weighted by atomic mass is 10.2. The number of hydrogen-bond donors (Lipinski definition) is 2. The number of benzene rings is 1. The summed E-state index contributed by atoms with van der Waals surface area (Å²) < 4.78 is 6.86. The number of ether oxygens (including phenoxy) is 1. The Balaban J connectivity index is 1.93. The quantitative estimate of drug-likeness (QED) is 0.843. The summed E-state index contributed by atoms with van der Waals surface area (Å²) in [7, 11) is 1.57. The minimum atomic E-state index is -0.717. The largest absolute Gasteiger partial charge is 0.494 e. The van der Waals surface area contributed by atoms with Gasteiger partial charge in [0, 0.05) is 5.69 Å². The van der Waals surface area contributed by atoms with Gasteiger partial charge in [0.05, 0.1) is 12.6 Å². The maximum Gasteiger partial charge on any atom is 0.244 e. The molecule has 0 spiro atoms. The second-order valence-corrected chi connectivity index (χ2v) is 5.13. The first-order chi connectivity index (χ1) is 10.0. The molecule has 0 atom stereocenters. The molecule has 0 aliphatic heterocycles. The number of nitrogens with two attached hydrogens (primary N) is 1. The predicted octanol–water partition coefficient (Wildman–Crippen LogP) is 0.409. The number of rotatable bonds is 4. The van der Waals surface area contributed by atoms with Crippen LogP contribution >= 0.6 is 0 Å². The molecular formula is C13H16N6O2. The summed E-state index contributed by atoms with van der Waals surface area (Å²) in [5.41, 5.74) is 6.44. The Bertz CT molecular complexity index is 692. The highest BCUT2D eigenvalue weighted by Crippen LogP contribution is 2.34. The molecule has 1 aromatic heterocycles. The Morgan fingerprint density at radius 2 is 2.24 bits per heavy atom. The molecule has 0 bridgehead atoms. The first-order valence-electron chi connectivity index (χ1n) is 6.57. The zero-order valence-corrected chi connectivity index (χ0v) is 11.8. The topological polar surface area (TPSA) is 108 Å². The second-order valence-electron chi connectivity index (χ2n) is 5.13. The summed E-state index contributed by atoms with van der Waals surface area (Å²) >= 11 is 0. The number of tetrazole rings is 1. The van der Waals surface area contributed by atoms with Crippen molar-refractivity contribution in [2.24, 2.45) is 5.73 Å². The highest BCUT2D eigenvalue weighted by Gasteiger charge is 2.45. The van der Waals surface area contributed by atoms with Gasteiger partial charge in [0.25, 0.3) is 0 Å². The first kappa shape index (κ1) is 13.5. The monoisotopic (exact) mass is 288 g/mol. The minimum Gasteiger partial charge on any atom is -0.494 e. The van der Waals surface area contributed by atoms with E-state index in [0.717, 1.165) is 0 Å². The number of aromatic nitrogens is 4. The molecule has 2 aromatic rings. The molecule has 1 heterocycles. The van der Waals surface area contributed by atoms with E-state index >= 15 is 0 Å². The Kier molecular flexibility index (Phi) is 3.09. The van der Waals surface area contributed by atoms with Crippen LogP contribution in [0.4, 0.5) is 5.69 Å². The summed E-state index contributed by atoms with van der Waals surface area (Å²) in [6, 6.07) is 5.26. The lowest BCUT2D eigenvalue weighted by molar-refractivity contribution is -0.118. The van der Waals surface area contributed by atoms with Gasteiger partial charge in [-0.05, 0) is 48.4 Å². The van der Waals surface area contributed by atoms with Gasteiger partial charge in [-0.25, -0.2) is 0 Å². The van der Waals surface area contributed by atoms with Crippen LogP contribution < -0.4 is 15.8 Å². The van der Waals surface area contributed by atoms with Crippen molar-refractivity contribution in [3.63, 3.8) is 0 Å². The van der Waals surface area contributed by atoms with E-state index in [-0.39, 0.29) is 5.91 Å². The van der Waals surface area contributed by atoms with Gasteiger partial charge >= 0.3 is 0 Å². The number of nitrogens with one attached hydrogen (secondary N) is 1. The van der Waals surface area contributed by atoms with Gasteiger partial charge in [-0.15, -0.1) is 5.10 Å². The van der Waals surface area contributed by atoms with Crippen molar-refractivity contribution in [3.05, 3.63) is 24.0 Å². The maximum absolute atomic E-state index is 12.0. The van der Waals surface area contributed by atoms with E-state index in [9.17, 15) is 4.79 Å². The lowest BCUT2D eigenvalue weighted by Gasteiger charge is -2.13. The third-order valence-corrected chi connectivity index (χ3v) is 3.53. The third-order valence-electron chi connectivity index (χ3n) is 3.53. The Hall–Kier alpha value is -2.48. The molecule has 1 amide bonds. The maximum atomic E-state index is 12.0. The highest BCUT2D eigenvalue weighted by atomic mass is 16.5. The molecule has 8 nitrogen and oxygen atoms in total. The molecular weight excluding hydrogens is 272 g/mol. The third kappa shape index (κ3) is 2.45. The van der Waals surface area contributed by atoms with E-state index in [2.05, 4.69) is 20.8 Å². The average molecular weight is 288 g/mol. The van der Waals surface area contributed by atoms with E-state index in [1.807, 2.05) is 0 Å². The lowest BCUT2D eigenvalue weighted by Crippen LogP contribution is -2.37. The van der Waals surface area contributed by atoms with Crippen molar-refractivity contribution >= 4 is 11.6 Å². The molecule has 3 rings (SSSR count). The van der Waals surface area contributed by atoms with Crippen LogP contribution in [0.15, 0.2) is 18.2 Å². The molecule has 3 N–H and O–H groups in total. The zero-order chi connectivity index (χ0) is 15.0. The van der Waals surface area contributed by atoms with Crippen LogP contribution in [0.1, 0.15) is 18.7 Å². The molecule has 1 aliphatic carbocycles. The molecule has 1 aliphatic rings. The SMILES string of the molecule is COc1ccc(NC(=O)C2(N)CC2)cc1-n1nnnc1C. The van der Waals surface area contributed by atoms with Crippen LogP contribution in [0.2, 0.25) is 0 Å². The fraction of sp³-hybridized carbons (Fsp3) is 0.385. The summed E-state index contributed by atoms with van der Waals surface area (Å²) in [6.45, 7) is 1.78. The van der Waals surface area contributed by atoms with Crippen LogP contribution in [-0.2, 0) is 4.79 Å². The average Bonchev–Trinajstić information content (AvgIpc) is 3.08. The van der Waals surface area contributed by atoms with Crippen molar-refractivity contribution in [2.75, 3.05) is 12.4 Å². The number of amides is 1. The number of carbonyl (C=O) groups excluding carboxylic acids is 1. The van der Waals surface area contributed by atoms with Crippen LogP contribution in [-0.4, -0.2) is 38.8 Å². The molecule has 1 fully saturated rings. The molecule has 0 saturated heterocycles. The molecule has 0 radical (unpaired) electrons. The van der Waals surface area contributed by atoms with Gasteiger partial charge in [0.15, 0.2) is 5.82 Å². The zero-order valence-electron chi connectivity index (χ0n) is 11.8. The van der Waals surface area contributed by atoms with Gasteiger partial charge in [-0.3, -0.25) is 4.79 Å². The molecule has 1 aromatic carbocycles. The number of carbonyl (C=O) groups is 1. The highest BCUT2D eigenvalue weighted by molar-refractivity contribution is 6.00. The Labute approximate surface area is 121 Å². The fourth-order valence-corrected chi connectivity index (χ4v) is 2.00. The van der Waals surface area contributed by atoms with Crippen molar-refractivity contribution in [3.8, 4) is 11.4 Å². The van der Waals surface area contributed by atoms with E-state index in [1.54, 1.807) is 36.9 Å². The molecule has 8 heteroatoms. The van der Waals surface area contributed by atoms with Gasteiger partial charge in [-0.2, -0.15) is 4.68 Å². The van der Waals surface area contributed by atoms with Gasteiger partial charge < -0.3 is 15.8 Å². The second kappa shape index (κ2) is 4.81. The number of hydrogen-bond acceptors (Lipinski definition) is 6. The minimum absolute atomic E-state index is 0.174. The summed E-state index contributed by atoms with van der Waals surface area (Å²) in [4.78, 5) is 12.0. The molecule has 1 saturated carbocycles. The van der Waals surface area contributed by atoms with E-state index in [0.29, 0.717) is 35.8 Å². The van der Waals surface area contributed by atoms with E-state index in [1.165, 1.54) is 0 Å². The molecule has 0 unspecified atom stereocenters. The standard InChI is InChI=1S/C13H16N6O2/c1-8-16-17-18-19(8)10-7-9(3-4-11(10)21-2)15-12(20)13(14)5-6-13/h3-4,7H,5-6,14H2,1-2H3,(H,15,20). The Morgan fingerprint density at radius 3 is 2.81 bits per heavy atom. The van der Waals surface area contributed by atoms with Crippen molar-refractivity contribution in [1.82, 2.24) is 20.2 Å². The molecule has 21 heavy (non-hydrogen) atoms. The number of nitrogens with zero attached hydrogens (tertiary/aromatic N) is 4. The predicted molar refractivity (Wildman–Crippen MR) is 75.2 cm³/mol. The Morgan fingerprint density at radius 1 is 1.48 bits per heavy atom. The van der Waals surface area contributed by atoms with Gasteiger partial charge in [0.1, 0.15) is 11.4 Å². The van der Waals surface area contributed by atoms with Crippen LogP contribution in [0.3, 0.4) is 0 Å². The van der Waals surface area contributed by atoms with Crippen molar-refractivity contribution in [1.29, 1.82) is 0 Å². The van der Waals surface area contributed by atoms with Crippen molar-refractivity contribution in [2.45, 2.75) is 25.3 Å². The van der Waals surface area contributed by atoms with Crippen LogP contribution in [0.25, 0.3) is 5.69 Å². The van der Waals surface area contributed by atoms with Crippen LogP contribution in [0, 0.1) is 6.92 Å². The number of aryl methyl sites for hydroxylation is 1. The van der Waals surface area contributed by atoms with E-state index in [4.69, 9.17) is 10.5 Å². The van der Waals surface area contributed by atoms with E-state index < -0.39 is 5.54 Å². The first-order valence-corrected chi connectivity index (χ1v) is 6.57. The van der Waals surface area contributed by atoms with Crippen molar-refractivity contribution < 1.29 is 9.53 Å². The van der Waals surface area contributed by atoms with Crippen LogP contribution in [0.5, 0.6) is 5.75 Å². The number of methoxy groups -OCH3 is 1. The fourth-order valence-electron chi connectivity index (χ4n) is 2.00. The van der Waals surface area contributed by atoms with Gasteiger partial charge in [-0.1, -0.05) is 0 Å². The van der Waals surface area contributed by atoms with Gasteiger partial charge in [0.2, 0.25) is 5.91 Å². The summed E-state index contributed by atoms with van der Waals surface area (Å²) in [5.74, 6) is 1.05. The smallest absolute Gasteiger partial charge is 0.244 e. The summed E-state index contributed by atoms with van der Waals surface area (Å²) in [5, 5.41) is 14.2. The normalized spacial score (nSPS) is 15.6. The summed E-state index contributed by atoms with van der Waals surface area (Å²) in [6.07, 6.45) is 1.43. The number of anilines is 1.